The number of carbonyl (C=O) groups is 1. The number of rotatable bonds is 5. The molecule has 1 aliphatic rings. The smallest absolute Gasteiger partial charge is 0.227 e. The molecule has 0 heterocycles. The molecule has 0 saturated heterocycles. The fourth-order valence-electron chi connectivity index (χ4n) is 1.95. The summed E-state index contributed by atoms with van der Waals surface area (Å²) in [6.07, 6.45) is 1.03. The fourth-order valence-corrected chi connectivity index (χ4v) is 1.95. The van der Waals surface area contributed by atoms with Gasteiger partial charge in [-0.25, -0.2) is 0 Å². The molecule has 98 valence electrons. The Morgan fingerprint density at radius 3 is 2.44 bits per heavy atom. The van der Waals surface area contributed by atoms with Gasteiger partial charge in [0.25, 0.3) is 0 Å². The predicted octanol–water partition coefficient (Wildman–Crippen LogP) is 2.78. The quantitative estimate of drug-likeness (QED) is 0.838. The largest absolute Gasteiger partial charge is 0.326 e. The van der Waals surface area contributed by atoms with E-state index in [4.69, 9.17) is 0 Å². The van der Waals surface area contributed by atoms with Gasteiger partial charge >= 0.3 is 0 Å². The Bertz CT molecular complexity index is 411. The average molecular weight is 246 g/mol. The van der Waals surface area contributed by atoms with Gasteiger partial charge in [-0.2, -0.15) is 0 Å². The molecule has 1 saturated carbocycles. The molecular formula is C15H22N2O. The van der Waals surface area contributed by atoms with E-state index in [-0.39, 0.29) is 11.8 Å². The molecule has 1 aliphatic carbocycles. The highest BCUT2D eigenvalue weighted by Gasteiger charge is 2.38. The minimum atomic E-state index is 0.163. The van der Waals surface area contributed by atoms with Crippen LogP contribution in [0.25, 0.3) is 0 Å². The maximum absolute atomic E-state index is 11.8. The van der Waals surface area contributed by atoms with Gasteiger partial charge in [0, 0.05) is 24.2 Å². The van der Waals surface area contributed by atoms with E-state index in [9.17, 15) is 4.79 Å². The summed E-state index contributed by atoms with van der Waals surface area (Å²) < 4.78 is 0. The Morgan fingerprint density at radius 1 is 1.33 bits per heavy atom. The normalized spacial score (nSPS) is 22.0. The van der Waals surface area contributed by atoms with Gasteiger partial charge in [-0.05, 0) is 30.0 Å². The Morgan fingerprint density at radius 2 is 1.94 bits per heavy atom. The van der Waals surface area contributed by atoms with Crippen LogP contribution in [0.4, 0.5) is 5.69 Å². The zero-order chi connectivity index (χ0) is 13.1. The second-order valence-corrected chi connectivity index (χ2v) is 5.54. The van der Waals surface area contributed by atoms with Crippen LogP contribution in [0.5, 0.6) is 0 Å². The van der Waals surface area contributed by atoms with Crippen molar-refractivity contribution in [2.75, 3.05) is 5.32 Å². The van der Waals surface area contributed by atoms with Crippen LogP contribution >= 0.6 is 0 Å². The van der Waals surface area contributed by atoms with E-state index in [1.54, 1.807) is 0 Å². The first kappa shape index (κ1) is 13.1. The van der Waals surface area contributed by atoms with Gasteiger partial charge in [-0.15, -0.1) is 0 Å². The van der Waals surface area contributed by atoms with E-state index >= 15 is 0 Å². The van der Waals surface area contributed by atoms with Crippen LogP contribution in [0.15, 0.2) is 24.3 Å². The Hall–Kier alpha value is -1.35. The molecule has 3 heteroatoms. The van der Waals surface area contributed by atoms with E-state index in [1.165, 1.54) is 5.56 Å². The van der Waals surface area contributed by atoms with E-state index in [0.29, 0.717) is 12.0 Å². The summed E-state index contributed by atoms with van der Waals surface area (Å²) in [6.45, 7) is 7.24. The predicted molar refractivity (Wildman–Crippen MR) is 74.3 cm³/mol. The molecular weight excluding hydrogens is 224 g/mol. The van der Waals surface area contributed by atoms with Crippen LogP contribution in [0, 0.1) is 11.8 Å². The zero-order valence-corrected chi connectivity index (χ0v) is 11.4. The maximum Gasteiger partial charge on any atom is 0.227 e. The third-order valence-electron chi connectivity index (χ3n) is 3.38. The Labute approximate surface area is 109 Å². The summed E-state index contributed by atoms with van der Waals surface area (Å²) >= 11 is 0. The first-order chi connectivity index (χ1) is 8.56. The Kier molecular flexibility index (Phi) is 4.02. The molecule has 3 nitrogen and oxygen atoms in total. The van der Waals surface area contributed by atoms with Crippen molar-refractivity contribution in [2.24, 2.45) is 11.8 Å². The average Bonchev–Trinajstić information content (AvgIpc) is 3.05. The van der Waals surface area contributed by atoms with Crippen LogP contribution in [0.2, 0.25) is 0 Å². The molecule has 0 radical (unpaired) electrons. The van der Waals surface area contributed by atoms with Crippen molar-refractivity contribution in [1.82, 2.24) is 5.32 Å². The highest BCUT2D eigenvalue weighted by molar-refractivity contribution is 5.94. The minimum Gasteiger partial charge on any atom is -0.326 e. The highest BCUT2D eigenvalue weighted by Crippen LogP contribution is 2.38. The van der Waals surface area contributed by atoms with Gasteiger partial charge in [-0.3, -0.25) is 4.79 Å². The third kappa shape index (κ3) is 3.57. The summed E-state index contributed by atoms with van der Waals surface area (Å²) in [5.74, 6) is 0.947. The van der Waals surface area contributed by atoms with Crippen molar-refractivity contribution < 1.29 is 4.79 Å². The number of amides is 1. The zero-order valence-electron chi connectivity index (χ0n) is 11.4. The first-order valence-electron chi connectivity index (χ1n) is 6.69. The van der Waals surface area contributed by atoms with Gasteiger partial charge < -0.3 is 10.6 Å². The SMILES string of the molecule is CC(C)NCc1ccc(NC(=O)C2CC2C)cc1. The lowest BCUT2D eigenvalue weighted by Gasteiger charge is -2.09. The molecule has 1 aromatic rings. The van der Waals surface area contributed by atoms with E-state index < -0.39 is 0 Å². The molecule has 1 fully saturated rings. The number of hydrogen-bond donors (Lipinski definition) is 2. The lowest BCUT2D eigenvalue weighted by atomic mass is 10.2. The van der Waals surface area contributed by atoms with Crippen LogP contribution < -0.4 is 10.6 Å². The molecule has 2 atom stereocenters. The van der Waals surface area contributed by atoms with E-state index in [2.05, 4.69) is 43.5 Å². The summed E-state index contributed by atoms with van der Waals surface area (Å²) in [4.78, 5) is 11.8. The number of anilines is 1. The van der Waals surface area contributed by atoms with Crippen molar-refractivity contribution >= 4 is 11.6 Å². The van der Waals surface area contributed by atoms with Gasteiger partial charge in [0.15, 0.2) is 0 Å². The number of benzene rings is 1. The van der Waals surface area contributed by atoms with Gasteiger partial charge in [0.05, 0.1) is 0 Å². The summed E-state index contributed by atoms with van der Waals surface area (Å²) in [5, 5.41) is 6.34. The van der Waals surface area contributed by atoms with Crippen LogP contribution in [0.3, 0.4) is 0 Å². The lowest BCUT2D eigenvalue weighted by molar-refractivity contribution is -0.117. The molecule has 2 rings (SSSR count). The minimum absolute atomic E-state index is 0.163. The van der Waals surface area contributed by atoms with Crippen molar-refractivity contribution in [1.29, 1.82) is 0 Å². The van der Waals surface area contributed by atoms with Crippen molar-refractivity contribution in [3.05, 3.63) is 29.8 Å². The second kappa shape index (κ2) is 5.53. The van der Waals surface area contributed by atoms with Crippen molar-refractivity contribution in [3.63, 3.8) is 0 Å². The Balaban J connectivity index is 1.85. The molecule has 0 bridgehead atoms. The summed E-state index contributed by atoms with van der Waals surface area (Å²) in [7, 11) is 0. The molecule has 2 unspecified atom stereocenters. The van der Waals surface area contributed by atoms with Crippen molar-refractivity contribution in [2.45, 2.75) is 39.8 Å². The monoisotopic (exact) mass is 246 g/mol. The molecule has 0 spiro atoms. The van der Waals surface area contributed by atoms with Crippen LogP contribution in [-0.2, 0) is 11.3 Å². The van der Waals surface area contributed by atoms with E-state index in [1.807, 2.05) is 12.1 Å². The van der Waals surface area contributed by atoms with Gasteiger partial charge in [0.1, 0.15) is 0 Å². The number of carbonyl (C=O) groups excluding carboxylic acids is 1. The van der Waals surface area contributed by atoms with Gasteiger partial charge in [0.2, 0.25) is 5.91 Å². The second-order valence-electron chi connectivity index (χ2n) is 5.54. The first-order valence-corrected chi connectivity index (χ1v) is 6.69. The fraction of sp³-hybridized carbons (Fsp3) is 0.533. The standard InChI is InChI=1S/C15H22N2O/c1-10(2)16-9-12-4-6-13(7-5-12)17-15(18)14-8-11(14)3/h4-7,10-11,14,16H,8-9H2,1-3H3,(H,17,18). The molecule has 1 amide bonds. The third-order valence-corrected chi connectivity index (χ3v) is 3.38. The molecule has 1 aromatic carbocycles. The topological polar surface area (TPSA) is 41.1 Å². The molecule has 0 aliphatic heterocycles. The maximum atomic E-state index is 11.8. The molecule has 2 N–H and O–H groups in total. The lowest BCUT2D eigenvalue weighted by Crippen LogP contribution is -2.21. The number of nitrogens with one attached hydrogen (secondary N) is 2. The summed E-state index contributed by atoms with van der Waals surface area (Å²) in [5.41, 5.74) is 2.13. The highest BCUT2D eigenvalue weighted by atomic mass is 16.2. The van der Waals surface area contributed by atoms with Crippen LogP contribution in [0.1, 0.15) is 32.8 Å². The van der Waals surface area contributed by atoms with Gasteiger partial charge in [-0.1, -0.05) is 32.9 Å². The molecule has 18 heavy (non-hydrogen) atoms. The molecule has 0 aromatic heterocycles. The van der Waals surface area contributed by atoms with E-state index in [0.717, 1.165) is 18.7 Å². The summed E-state index contributed by atoms with van der Waals surface area (Å²) in [6, 6.07) is 8.55. The van der Waals surface area contributed by atoms with Crippen molar-refractivity contribution in [3.8, 4) is 0 Å². The number of hydrogen-bond acceptors (Lipinski definition) is 2. The van der Waals surface area contributed by atoms with Crippen LogP contribution in [-0.4, -0.2) is 11.9 Å².